The molecule has 1 saturated heterocycles. The van der Waals surface area contributed by atoms with E-state index in [9.17, 15) is 0 Å². The maximum absolute atomic E-state index is 5.63. The lowest BCUT2D eigenvalue weighted by atomic mass is 10.1. The Balaban J connectivity index is 2.06. The number of benzene rings is 1. The van der Waals surface area contributed by atoms with Gasteiger partial charge in [-0.25, -0.2) is 0 Å². The Morgan fingerprint density at radius 2 is 2.32 bits per heavy atom. The van der Waals surface area contributed by atoms with Gasteiger partial charge in [0, 0.05) is 27.3 Å². The van der Waals surface area contributed by atoms with Crippen LogP contribution in [0.3, 0.4) is 0 Å². The molecule has 106 valence electrons. The normalized spacial score (nSPS) is 24.6. The molecule has 0 amide bonds. The summed E-state index contributed by atoms with van der Waals surface area (Å²) in [6.45, 7) is 8.39. The molecular formula is C15H22BrNOS. The van der Waals surface area contributed by atoms with Gasteiger partial charge in [-0.3, -0.25) is 0 Å². The smallest absolute Gasteiger partial charge is 0.0669 e. The van der Waals surface area contributed by atoms with Gasteiger partial charge < -0.3 is 10.1 Å². The molecular weight excluding hydrogens is 322 g/mol. The van der Waals surface area contributed by atoms with E-state index in [2.05, 4.69) is 60.2 Å². The van der Waals surface area contributed by atoms with Crippen molar-refractivity contribution in [2.75, 3.05) is 13.2 Å². The predicted molar refractivity (Wildman–Crippen MR) is 85.9 cm³/mol. The Hall–Kier alpha value is -0.0300. The Labute approximate surface area is 128 Å². The first-order valence-electron chi connectivity index (χ1n) is 6.93. The van der Waals surface area contributed by atoms with E-state index in [1.165, 1.54) is 14.9 Å². The molecule has 1 aliphatic rings. The Morgan fingerprint density at radius 1 is 1.53 bits per heavy atom. The fourth-order valence-corrected chi connectivity index (χ4v) is 4.14. The summed E-state index contributed by atoms with van der Waals surface area (Å²) < 4.78 is 6.82. The second kappa shape index (κ2) is 7.11. The van der Waals surface area contributed by atoms with E-state index in [0.717, 1.165) is 19.6 Å². The quantitative estimate of drug-likeness (QED) is 0.856. The maximum atomic E-state index is 5.63. The van der Waals surface area contributed by atoms with E-state index in [1.807, 2.05) is 11.8 Å². The largest absolute Gasteiger partial charge is 0.377 e. The number of thioether (sulfide) groups is 1. The van der Waals surface area contributed by atoms with Crippen LogP contribution >= 0.6 is 27.7 Å². The minimum atomic E-state index is 0.359. The van der Waals surface area contributed by atoms with Crippen LogP contribution in [0.2, 0.25) is 0 Å². The molecule has 1 N–H and O–H groups in total. The van der Waals surface area contributed by atoms with E-state index in [4.69, 9.17) is 4.74 Å². The van der Waals surface area contributed by atoms with Crippen LogP contribution < -0.4 is 5.32 Å². The van der Waals surface area contributed by atoms with Gasteiger partial charge >= 0.3 is 0 Å². The van der Waals surface area contributed by atoms with Gasteiger partial charge in [0.1, 0.15) is 0 Å². The molecule has 0 aromatic heterocycles. The lowest BCUT2D eigenvalue weighted by Crippen LogP contribution is -2.17. The standard InChI is InChI=1S/C15H22BrNOS/c1-4-17-10(2)12-5-6-15(13(16)9-12)19-14-7-8-18-11(14)3/h5-6,9-11,14,17H,4,7-8H2,1-3H3. The van der Waals surface area contributed by atoms with Gasteiger partial charge in [0.25, 0.3) is 0 Å². The molecule has 1 heterocycles. The third kappa shape index (κ3) is 3.97. The van der Waals surface area contributed by atoms with E-state index in [1.54, 1.807) is 0 Å². The van der Waals surface area contributed by atoms with Crippen molar-refractivity contribution in [1.82, 2.24) is 5.32 Å². The molecule has 4 heteroatoms. The van der Waals surface area contributed by atoms with E-state index >= 15 is 0 Å². The van der Waals surface area contributed by atoms with Crippen LogP contribution in [0.15, 0.2) is 27.6 Å². The zero-order valence-electron chi connectivity index (χ0n) is 11.8. The van der Waals surface area contributed by atoms with Gasteiger partial charge in [-0.1, -0.05) is 13.0 Å². The van der Waals surface area contributed by atoms with Crippen LogP contribution in [0.25, 0.3) is 0 Å². The summed E-state index contributed by atoms with van der Waals surface area (Å²) in [5, 5.41) is 4.02. The lowest BCUT2D eigenvalue weighted by molar-refractivity contribution is 0.127. The molecule has 0 bridgehead atoms. The molecule has 0 spiro atoms. The molecule has 0 saturated carbocycles. The number of hydrogen-bond donors (Lipinski definition) is 1. The molecule has 1 aromatic rings. The van der Waals surface area contributed by atoms with Crippen molar-refractivity contribution in [3.05, 3.63) is 28.2 Å². The summed E-state index contributed by atoms with van der Waals surface area (Å²) in [5.74, 6) is 0. The number of halogens is 1. The van der Waals surface area contributed by atoms with Crippen molar-refractivity contribution >= 4 is 27.7 Å². The molecule has 1 aliphatic heterocycles. The zero-order valence-corrected chi connectivity index (χ0v) is 14.2. The van der Waals surface area contributed by atoms with Gasteiger partial charge in [0.2, 0.25) is 0 Å². The minimum absolute atomic E-state index is 0.359. The van der Waals surface area contributed by atoms with E-state index < -0.39 is 0 Å². The maximum Gasteiger partial charge on any atom is 0.0669 e. The zero-order chi connectivity index (χ0) is 13.8. The molecule has 3 unspecified atom stereocenters. The van der Waals surface area contributed by atoms with E-state index in [0.29, 0.717) is 17.4 Å². The van der Waals surface area contributed by atoms with Crippen molar-refractivity contribution in [2.24, 2.45) is 0 Å². The molecule has 3 atom stereocenters. The van der Waals surface area contributed by atoms with Crippen LogP contribution in [-0.4, -0.2) is 24.5 Å². The van der Waals surface area contributed by atoms with Crippen LogP contribution in [-0.2, 0) is 4.74 Å². The van der Waals surface area contributed by atoms with Crippen molar-refractivity contribution in [2.45, 2.75) is 49.5 Å². The van der Waals surface area contributed by atoms with Gasteiger partial charge in [-0.15, -0.1) is 11.8 Å². The van der Waals surface area contributed by atoms with Crippen molar-refractivity contribution in [3.63, 3.8) is 0 Å². The Morgan fingerprint density at radius 3 is 2.89 bits per heavy atom. The van der Waals surface area contributed by atoms with Crippen molar-refractivity contribution < 1.29 is 4.74 Å². The molecule has 0 radical (unpaired) electrons. The van der Waals surface area contributed by atoms with Gasteiger partial charge in [0.05, 0.1) is 6.10 Å². The average Bonchev–Trinajstić information content (AvgIpc) is 2.78. The molecule has 1 aromatic carbocycles. The first-order chi connectivity index (χ1) is 9.11. The van der Waals surface area contributed by atoms with Gasteiger partial charge in [-0.05, 0) is 60.4 Å². The summed E-state index contributed by atoms with van der Waals surface area (Å²) in [6, 6.07) is 7.08. The van der Waals surface area contributed by atoms with E-state index in [-0.39, 0.29) is 0 Å². The highest BCUT2D eigenvalue weighted by Crippen LogP contribution is 2.37. The summed E-state index contributed by atoms with van der Waals surface area (Å²) in [5.41, 5.74) is 1.33. The first-order valence-corrected chi connectivity index (χ1v) is 8.60. The SMILES string of the molecule is CCNC(C)c1ccc(SC2CCOC2C)c(Br)c1. The summed E-state index contributed by atoms with van der Waals surface area (Å²) >= 11 is 5.63. The van der Waals surface area contributed by atoms with Crippen LogP contribution in [0.1, 0.15) is 38.8 Å². The third-order valence-electron chi connectivity index (χ3n) is 3.55. The first kappa shape index (κ1) is 15.4. The highest BCUT2D eigenvalue weighted by molar-refractivity contribution is 9.10. The second-order valence-corrected chi connectivity index (χ2v) is 7.13. The third-order valence-corrected chi connectivity index (χ3v) is 6.00. The number of hydrogen-bond acceptors (Lipinski definition) is 3. The monoisotopic (exact) mass is 343 g/mol. The molecule has 0 aliphatic carbocycles. The van der Waals surface area contributed by atoms with Crippen LogP contribution in [0.4, 0.5) is 0 Å². The lowest BCUT2D eigenvalue weighted by Gasteiger charge is -2.17. The second-order valence-electron chi connectivity index (χ2n) is 4.99. The predicted octanol–water partition coefficient (Wildman–Crippen LogP) is 4.39. The van der Waals surface area contributed by atoms with Crippen molar-refractivity contribution in [3.8, 4) is 0 Å². The fourth-order valence-electron chi connectivity index (χ4n) is 2.34. The van der Waals surface area contributed by atoms with Crippen LogP contribution in [0.5, 0.6) is 0 Å². The summed E-state index contributed by atoms with van der Waals surface area (Å²) in [4.78, 5) is 1.31. The molecule has 1 fully saturated rings. The molecule has 2 rings (SSSR count). The van der Waals surface area contributed by atoms with Crippen LogP contribution in [0, 0.1) is 0 Å². The summed E-state index contributed by atoms with van der Waals surface area (Å²) in [6.07, 6.45) is 1.51. The Kier molecular flexibility index (Phi) is 5.75. The summed E-state index contributed by atoms with van der Waals surface area (Å²) in [7, 11) is 0. The fraction of sp³-hybridized carbons (Fsp3) is 0.600. The molecule has 2 nitrogen and oxygen atoms in total. The van der Waals surface area contributed by atoms with Gasteiger partial charge in [-0.2, -0.15) is 0 Å². The number of ether oxygens (including phenoxy) is 1. The van der Waals surface area contributed by atoms with Crippen molar-refractivity contribution in [1.29, 1.82) is 0 Å². The minimum Gasteiger partial charge on any atom is -0.377 e. The number of rotatable bonds is 5. The van der Waals surface area contributed by atoms with Gasteiger partial charge in [0.15, 0.2) is 0 Å². The highest BCUT2D eigenvalue weighted by atomic mass is 79.9. The molecule has 19 heavy (non-hydrogen) atoms. The highest BCUT2D eigenvalue weighted by Gasteiger charge is 2.25. The average molecular weight is 344 g/mol. The number of nitrogens with one attached hydrogen (secondary N) is 1. The topological polar surface area (TPSA) is 21.3 Å². The Bertz CT molecular complexity index is 427.